The number of aliphatic imine (C=N–C) groups is 1. The van der Waals surface area contributed by atoms with Crippen molar-refractivity contribution >= 4 is 29.9 Å². The molecule has 0 bridgehead atoms. The van der Waals surface area contributed by atoms with E-state index in [1.54, 1.807) is 7.11 Å². The summed E-state index contributed by atoms with van der Waals surface area (Å²) in [6.07, 6.45) is 5.12. The van der Waals surface area contributed by atoms with Gasteiger partial charge in [0.25, 0.3) is 0 Å². The van der Waals surface area contributed by atoms with Crippen LogP contribution in [0.2, 0.25) is 0 Å². The van der Waals surface area contributed by atoms with Crippen molar-refractivity contribution in [2.45, 2.75) is 37.8 Å². The van der Waals surface area contributed by atoms with Crippen LogP contribution in [-0.2, 0) is 4.74 Å². The van der Waals surface area contributed by atoms with Crippen molar-refractivity contribution in [3.05, 3.63) is 35.9 Å². The lowest BCUT2D eigenvalue weighted by Crippen LogP contribution is -2.47. The highest BCUT2D eigenvalue weighted by Gasteiger charge is 2.25. The van der Waals surface area contributed by atoms with E-state index in [1.807, 2.05) is 7.05 Å². The number of likely N-dealkylation sites (tertiary alicyclic amines) is 2. The zero-order valence-electron chi connectivity index (χ0n) is 18.0. The molecule has 2 unspecified atom stereocenters. The number of hydrogen-bond acceptors (Lipinski definition) is 4. The molecule has 6 nitrogen and oxygen atoms in total. The summed E-state index contributed by atoms with van der Waals surface area (Å²) in [5.41, 5.74) is 1.38. The van der Waals surface area contributed by atoms with Crippen LogP contribution in [0, 0.1) is 0 Å². The number of ether oxygens (including phenoxy) is 1. The standard InChI is InChI=1S/C22H37N5O.HI/c1-23-22(24-17-20-11-8-14-26(20)15-16-28-2)25-18-21(27-12-6-7-13-27)19-9-4-3-5-10-19;/h3-5,9-10,20-21H,6-8,11-18H2,1-2H3,(H2,23,24,25);1H. The molecule has 2 heterocycles. The fourth-order valence-corrected chi connectivity index (χ4v) is 4.44. The number of methoxy groups -OCH3 is 1. The van der Waals surface area contributed by atoms with Crippen LogP contribution in [0.1, 0.15) is 37.3 Å². The van der Waals surface area contributed by atoms with Gasteiger partial charge in [-0.05, 0) is 50.9 Å². The lowest BCUT2D eigenvalue weighted by molar-refractivity contribution is 0.141. The molecule has 164 valence electrons. The van der Waals surface area contributed by atoms with Crippen LogP contribution in [0.25, 0.3) is 0 Å². The van der Waals surface area contributed by atoms with Crippen LogP contribution >= 0.6 is 24.0 Å². The van der Waals surface area contributed by atoms with Crippen molar-refractivity contribution < 1.29 is 4.74 Å². The number of guanidine groups is 1. The molecular formula is C22H38IN5O. The minimum Gasteiger partial charge on any atom is -0.383 e. The first-order chi connectivity index (χ1) is 13.8. The van der Waals surface area contributed by atoms with E-state index in [4.69, 9.17) is 4.74 Å². The third-order valence-corrected chi connectivity index (χ3v) is 6.04. The van der Waals surface area contributed by atoms with E-state index >= 15 is 0 Å². The van der Waals surface area contributed by atoms with Crippen molar-refractivity contribution in [3.63, 3.8) is 0 Å². The summed E-state index contributed by atoms with van der Waals surface area (Å²) in [6, 6.07) is 11.8. The molecule has 0 aromatic heterocycles. The highest BCUT2D eigenvalue weighted by molar-refractivity contribution is 14.0. The second-order valence-electron chi connectivity index (χ2n) is 7.83. The molecule has 0 amide bonds. The molecule has 7 heteroatoms. The molecule has 2 aliphatic heterocycles. The van der Waals surface area contributed by atoms with Gasteiger partial charge in [0.1, 0.15) is 0 Å². The van der Waals surface area contributed by atoms with Gasteiger partial charge in [-0.1, -0.05) is 30.3 Å². The molecule has 2 aliphatic rings. The lowest BCUT2D eigenvalue weighted by Gasteiger charge is -2.29. The van der Waals surface area contributed by atoms with Gasteiger partial charge in [0.05, 0.1) is 12.6 Å². The molecule has 0 radical (unpaired) electrons. The Morgan fingerprint density at radius 3 is 2.59 bits per heavy atom. The van der Waals surface area contributed by atoms with Crippen LogP contribution in [0.15, 0.2) is 35.3 Å². The van der Waals surface area contributed by atoms with E-state index in [2.05, 4.69) is 55.8 Å². The average molecular weight is 515 g/mol. The van der Waals surface area contributed by atoms with Gasteiger partial charge < -0.3 is 15.4 Å². The van der Waals surface area contributed by atoms with E-state index in [1.165, 1.54) is 50.9 Å². The number of rotatable bonds is 9. The van der Waals surface area contributed by atoms with Crippen molar-refractivity contribution in [1.82, 2.24) is 20.4 Å². The molecule has 29 heavy (non-hydrogen) atoms. The molecule has 2 saturated heterocycles. The quantitative estimate of drug-likeness (QED) is 0.301. The Morgan fingerprint density at radius 2 is 1.90 bits per heavy atom. The van der Waals surface area contributed by atoms with Crippen LogP contribution < -0.4 is 10.6 Å². The molecule has 2 fully saturated rings. The predicted octanol–water partition coefficient (Wildman–Crippen LogP) is 2.72. The Kier molecular flexibility index (Phi) is 11.3. The summed E-state index contributed by atoms with van der Waals surface area (Å²) in [5, 5.41) is 7.13. The Morgan fingerprint density at radius 1 is 1.14 bits per heavy atom. The highest BCUT2D eigenvalue weighted by Crippen LogP contribution is 2.24. The van der Waals surface area contributed by atoms with Gasteiger partial charge in [-0.3, -0.25) is 14.8 Å². The summed E-state index contributed by atoms with van der Waals surface area (Å²) >= 11 is 0. The zero-order valence-corrected chi connectivity index (χ0v) is 20.3. The first-order valence-corrected chi connectivity index (χ1v) is 10.8. The molecule has 2 N–H and O–H groups in total. The van der Waals surface area contributed by atoms with Gasteiger partial charge in [-0.15, -0.1) is 24.0 Å². The number of nitrogens with zero attached hydrogens (tertiary/aromatic N) is 3. The van der Waals surface area contributed by atoms with E-state index in [0.29, 0.717) is 12.1 Å². The molecular weight excluding hydrogens is 477 g/mol. The topological polar surface area (TPSA) is 52.1 Å². The molecule has 2 atom stereocenters. The number of nitrogens with one attached hydrogen (secondary N) is 2. The minimum absolute atomic E-state index is 0. The maximum absolute atomic E-state index is 5.25. The molecule has 1 aromatic rings. The van der Waals surface area contributed by atoms with E-state index < -0.39 is 0 Å². The fraction of sp³-hybridized carbons (Fsp3) is 0.682. The summed E-state index contributed by atoms with van der Waals surface area (Å²) in [4.78, 5) is 9.59. The Hall–Kier alpha value is -0.900. The molecule has 1 aromatic carbocycles. The Balaban J connectivity index is 0.00000300. The van der Waals surface area contributed by atoms with Crippen molar-refractivity contribution in [1.29, 1.82) is 0 Å². The summed E-state index contributed by atoms with van der Waals surface area (Å²) in [6.45, 7) is 7.17. The summed E-state index contributed by atoms with van der Waals surface area (Å²) < 4.78 is 5.25. The molecule has 0 saturated carbocycles. The van der Waals surface area contributed by atoms with Crippen molar-refractivity contribution in [2.75, 3.05) is 60.0 Å². The third kappa shape index (κ3) is 7.38. The lowest BCUT2D eigenvalue weighted by atomic mass is 10.1. The second-order valence-corrected chi connectivity index (χ2v) is 7.83. The summed E-state index contributed by atoms with van der Waals surface area (Å²) in [5.74, 6) is 0.902. The summed E-state index contributed by atoms with van der Waals surface area (Å²) in [7, 11) is 3.64. The van der Waals surface area contributed by atoms with Crippen LogP contribution in [0.5, 0.6) is 0 Å². The van der Waals surface area contributed by atoms with E-state index in [9.17, 15) is 0 Å². The largest absolute Gasteiger partial charge is 0.383 e. The number of halogens is 1. The maximum Gasteiger partial charge on any atom is 0.191 e. The van der Waals surface area contributed by atoms with E-state index in [-0.39, 0.29) is 24.0 Å². The number of benzene rings is 1. The Bertz CT molecular complexity index is 594. The molecule has 3 rings (SSSR count). The van der Waals surface area contributed by atoms with Crippen molar-refractivity contribution in [2.24, 2.45) is 4.99 Å². The smallest absolute Gasteiger partial charge is 0.191 e. The normalized spacial score (nSPS) is 21.7. The van der Waals surface area contributed by atoms with Crippen LogP contribution in [0.3, 0.4) is 0 Å². The maximum atomic E-state index is 5.25. The van der Waals surface area contributed by atoms with Gasteiger partial charge in [0, 0.05) is 39.8 Å². The highest BCUT2D eigenvalue weighted by atomic mass is 127. The van der Waals surface area contributed by atoms with Crippen LogP contribution in [0.4, 0.5) is 0 Å². The van der Waals surface area contributed by atoms with Gasteiger partial charge in [0.2, 0.25) is 0 Å². The van der Waals surface area contributed by atoms with Crippen molar-refractivity contribution in [3.8, 4) is 0 Å². The predicted molar refractivity (Wildman–Crippen MR) is 131 cm³/mol. The molecule has 0 aliphatic carbocycles. The third-order valence-electron chi connectivity index (χ3n) is 6.04. The SMILES string of the molecule is CN=C(NCC1CCCN1CCOC)NCC(c1ccccc1)N1CCCC1.I. The fourth-order valence-electron chi connectivity index (χ4n) is 4.44. The first-order valence-electron chi connectivity index (χ1n) is 10.8. The van der Waals surface area contributed by atoms with Crippen LogP contribution in [-0.4, -0.2) is 81.8 Å². The minimum atomic E-state index is 0. The van der Waals surface area contributed by atoms with E-state index in [0.717, 1.165) is 32.2 Å². The van der Waals surface area contributed by atoms with Gasteiger partial charge in [-0.2, -0.15) is 0 Å². The first kappa shape index (κ1) is 24.4. The number of hydrogen-bond donors (Lipinski definition) is 2. The second kappa shape index (κ2) is 13.4. The monoisotopic (exact) mass is 515 g/mol. The average Bonchev–Trinajstić information content (AvgIpc) is 3.42. The zero-order chi connectivity index (χ0) is 19.6. The Labute approximate surface area is 193 Å². The van der Waals surface area contributed by atoms with Gasteiger partial charge in [-0.25, -0.2) is 0 Å². The molecule has 0 spiro atoms. The van der Waals surface area contributed by atoms with Gasteiger partial charge >= 0.3 is 0 Å². The van der Waals surface area contributed by atoms with Gasteiger partial charge in [0.15, 0.2) is 5.96 Å².